The molecule has 0 aromatic heterocycles. The molecular weight excluding hydrogens is 506 g/mol. The van der Waals surface area contributed by atoms with E-state index in [9.17, 15) is 19.2 Å². The number of Topliss-reactive ketones (excluding diaryl/α,β-unsaturated/α-hetero) is 1. The number of hydrogen-bond donors (Lipinski definition) is 1. The summed E-state index contributed by atoms with van der Waals surface area (Å²) < 4.78 is 26.2. The van der Waals surface area contributed by atoms with Crippen molar-refractivity contribution in [1.29, 1.82) is 0 Å². The highest BCUT2D eigenvalue weighted by Crippen LogP contribution is 2.53. The van der Waals surface area contributed by atoms with Crippen LogP contribution >= 0.6 is 11.6 Å². The summed E-state index contributed by atoms with van der Waals surface area (Å²) in [5.74, 6) is -2.66. The van der Waals surface area contributed by atoms with Gasteiger partial charge in [0.15, 0.2) is 5.75 Å². The van der Waals surface area contributed by atoms with Crippen LogP contribution in [-0.4, -0.2) is 57.5 Å². The van der Waals surface area contributed by atoms with Crippen molar-refractivity contribution in [2.24, 2.45) is 5.92 Å². The number of methoxy groups -OCH3 is 4. The number of rotatable bonds is 6. The van der Waals surface area contributed by atoms with Gasteiger partial charge < -0.3 is 29.0 Å². The van der Waals surface area contributed by atoms with E-state index in [0.29, 0.717) is 5.70 Å². The fourth-order valence-corrected chi connectivity index (χ4v) is 4.83. The summed E-state index contributed by atoms with van der Waals surface area (Å²) in [6, 6.07) is 5.72. The smallest absolute Gasteiger partial charge is 0.339 e. The number of halogens is 1. The van der Waals surface area contributed by atoms with Crippen LogP contribution in [0.2, 0.25) is 5.02 Å². The molecule has 194 valence electrons. The molecule has 1 spiro atoms. The van der Waals surface area contributed by atoms with Crippen molar-refractivity contribution in [2.75, 3.05) is 33.8 Å². The molecule has 1 N–H and O–H groups in total. The van der Waals surface area contributed by atoms with Crippen LogP contribution in [0.5, 0.6) is 17.2 Å². The van der Waals surface area contributed by atoms with Crippen LogP contribution in [0, 0.1) is 5.92 Å². The maximum absolute atomic E-state index is 13.6. The Hall–Kier alpha value is -4.05. The number of ether oxygens (including phenoxy) is 5. The zero-order valence-electron chi connectivity index (χ0n) is 20.7. The Labute approximate surface area is 217 Å². The van der Waals surface area contributed by atoms with E-state index >= 15 is 0 Å². The first-order valence-corrected chi connectivity index (χ1v) is 11.5. The molecule has 2 atom stereocenters. The van der Waals surface area contributed by atoms with Crippen LogP contribution < -0.4 is 19.5 Å². The van der Waals surface area contributed by atoms with Crippen molar-refractivity contribution >= 4 is 40.8 Å². The van der Waals surface area contributed by atoms with Gasteiger partial charge >= 0.3 is 11.9 Å². The first kappa shape index (κ1) is 26.0. The minimum atomic E-state index is -1.85. The Bertz CT molecular complexity index is 1370. The second-order valence-electron chi connectivity index (χ2n) is 8.47. The maximum atomic E-state index is 13.6. The first-order chi connectivity index (χ1) is 17.6. The monoisotopic (exact) mass is 529 g/mol. The summed E-state index contributed by atoms with van der Waals surface area (Å²) in [4.78, 5) is 51.5. The van der Waals surface area contributed by atoms with Gasteiger partial charge in [-0.2, -0.15) is 0 Å². The Balaban J connectivity index is 1.73. The van der Waals surface area contributed by atoms with Crippen molar-refractivity contribution in [2.45, 2.75) is 18.9 Å². The van der Waals surface area contributed by atoms with Crippen LogP contribution in [0.4, 0.5) is 5.69 Å². The highest BCUT2D eigenvalue weighted by Gasteiger charge is 2.60. The van der Waals surface area contributed by atoms with Gasteiger partial charge in [0.05, 0.1) is 45.3 Å². The van der Waals surface area contributed by atoms with E-state index in [4.69, 9.17) is 35.3 Å². The van der Waals surface area contributed by atoms with E-state index in [1.54, 1.807) is 6.92 Å². The van der Waals surface area contributed by atoms with Gasteiger partial charge in [0.25, 0.3) is 0 Å². The van der Waals surface area contributed by atoms with Gasteiger partial charge in [0.2, 0.25) is 17.2 Å². The third-order valence-electron chi connectivity index (χ3n) is 6.45. The molecule has 0 saturated carbocycles. The number of fused-ring (bicyclic) bond motifs is 1. The summed E-state index contributed by atoms with van der Waals surface area (Å²) in [5.41, 5.74) is -0.828. The van der Waals surface area contributed by atoms with Crippen molar-refractivity contribution < 1.29 is 42.9 Å². The van der Waals surface area contributed by atoms with Crippen LogP contribution in [0.15, 0.2) is 36.0 Å². The molecule has 1 aliphatic heterocycles. The molecule has 10 nitrogen and oxygen atoms in total. The van der Waals surface area contributed by atoms with E-state index in [0.717, 1.165) is 0 Å². The lowest BCUT2D eigenvalue weighted by atomic mass is 9.74. The van der Waals surface area contributed by atoms with Gasteiger partial charge in [0.1, 0.15) is 22.1 Å². The Morgan fingerprint density at radius 3 is 2.30 bits per heavy atom. The molecule has 11 heteroatoms. The number of nitrogens with one attached hydrogen (secondary N) is 1. The summed E-state index contributed by atoms with van der Waals surface area (Å²) in [5, 5.41) is 3.09. The minimum absolute atomic E-state index is 0.0200. The van der Waals surface area contributed by atoms with E-state index in [1.165, 1.54) is 58.8 Å². The van der Waals surface area contributed by atoms with Crippen LogP contribution in [0.25, 0.3) is 0 Å². The average molecular weight is 530 g/mol. The first-order valence-electron chi connectivity index (χ1n) is 11.1. The maximum Gasteiger partial charge on any atom is 0.339 e. The summed E-state index contributed by atoms with van der Waals surface area (Å²) in [7, 11) is 5.26. The minimum Gasteiger partial charge on any atom is -0.496 e. The standard InChI is InChI=1S/C26H24ClNO9/c1-12-8-14(28-16-9-13(24(31)35-4)6-7-15(16)25(32)36-5)10-19(29)26(12)23(30)20-17(33-2)11-18(34-3)21(27)22(20)37-26/h6-7,9-12,28H,8H2,1-5H3. The van der Waals surface area contributed by atoms with Crippen LogP contribution in [0.1, 0.15) is 44.4 Å². The molecule has 0 fully saturated rings. The molecule has 1 heterocycles. The molecule has 0 amide bonds. The molecule has 0 radical (unpaired) electrons. The Morgan fingerprint density at radius 2 is 1.70 bits per heavy atom. The number of anilines is 1. The summed E-state index contributed by atoms with van der Waals surface area (Å²) in [6.45, 7) is 1.69. The third kappa shape index (κ3) is 4.07. The van der Waals surface area contributed by atoms with E-state index in [-0.39, 0.29) is 51.1 Å². The predicted octanol–water partition coefficient (Wildman–Crippen LogP) is 3.85. The van der Waals surface area contributed by atoms with Crippen LogP contribution in [0.3, 0.4) is 0 Å². The van der Waals surface area contributed by atoms with E-state index in [1.807, 2.05) is 0 Å². The van der Waals surface area contributed by atoms with Gasteiger partial charge in [-0.15, -0.1) is 0 Å². The van der Waals surface area contributed by atoms with Crippen molar-refractivity contribution in [3.8, 4) is 17.2 Å². The fraction of sp³-hybridized carbons (Fsp3) is 0.308. The molecule has 2 aromatic rings. The highest BCUT2D eigenvalue weighted by atomic mass is 35.5. The quantitative estimate of drug-likeness (QED) is 0.435. The van der Waals surface area contributed by atoms with Crippen LogP contribution in [-0.2, 0) is 14.3 Å². The highest BCUT2D eigenvalue weighted by molar-refractivity contribution is 6.36. The van der Waals surface area contributed by atoms with Gasteiger partial charge in [0, 0.05) is 23.8 Å². The van der Waals surface area contributed by atoms with Gasteiger partial charge in [-0.3, -0.25) is 9.59 Å². The van der Waals surface area contributed by atoms with E-state index in [2.05, 4.69) is 5.32 Å². The molecule has 1 aliphatic carbocycles. The SMILES string of the molecule is COC(=O)c1ccc(C(=O)OC)c(NC2=CC(=O)C3(Oc4c(Cl)c(OC)cc(OC)c4C3=O)C(C)C2)c1. The fourth-order valence-electron chi connectivity index (χ4n) is 4.57. The number of esters is 2. The lowest BCUT2D eigenvalue weighted by molar-refractivity contribution is -0.129. The molecule has 0 saturated heterocycles. The van der Waals surface area contributed by atoms with Gasteiger partial charge in [-0.05, 0) is 24.6 Å². The molecule has 4 rings (SSSR count). The summed E-state index contributed by atoms with van der Waals surface area (Å²) in [6.07, 6.45) is 1.43. The van der Waals surface area contributed by atoms with Crippen molar-refractivity contribution in [1.82, 2.24) is 0 Å². The lowest BCUT2D eigenvalue weighted by Gasteiger charge is -2.35. The number of carbonyl (C=O) groups is 4. The van der Waals surface area contributed by atoms with Gasteiger partial charge in [-0.25, -0.2) is 9.59 Å². The second kappa shape index (κ2) is 9.78. The molecule has 2 aliphatic rings. The van der Waals surface area contributed by atoms with Crippen molar-refractivity contribution in [3.05, 3.63) is 57.8 Å². The lowest BCUT2D eigenvalue weighted by Crippen LogP contribution is -2.55. The number of allylic oxidation sites excluding steroid dienone is 1. The Morgan fingerprint density at radius 1 is 1.03 bits per heavy atom. The molecule has 0 bridgehead atoms. The number of hydrogen-bond acceptors (Lipinski definition) is 10. The average Bonchev–Trinajstić information content (AvgIpc) is 3.21. The molecular formula is C26H24ClNO9. The number of carbonyl (C=O) groups excluding carboxylic acids is 4. The molecule has 37 heavy (non-hydrogen) atoms. The largest absolute Gasteiger partial charge is 0.496 e. The normalized spacial score (nSPS) is 20.1. The second-order valence-corrected chi connectivity index (χ2v) is 8.85. The van der Waals surface area contributed by atoms with Gasteiger partial charge in [-0.1, -0.05) is 18.5 Å². The summed E-state index contributed by atoms with van der Waals surface area (Å²) >= 11 is 6.42. The zero-order valence-corrected chi connectivity index (χ0v) is 21.5. The zero-order chi connectivity index (χ0) is 27.1. The van der Waals surface area contributed by atoms with Crippen molar-refractivity contribution in [3.63, 3.8) is 0 Å². The molecule has 2 aromatic carbocycles. The molecule has 2 unspecified atom stereocenters. The third-order valence-corrected chi connectivity index (χ3v) is 6.81. The topological polar surface area (TPSA) is 126 Å². The number of benzene rings is 2. The number of ketones is 2. The Kier molecular flexibility index (Phi) is 6.88. The van der Waals surface area contributed by atoms with E-state index < -0.39 is 35.0 Å². The predicted molar refractivity (Wildman–Crippen MR) is 132 cm³/mol.